The second-order valence-corrected chi connectivity index (χ2v) is 6.77. The lowest BCUT2D eigenvalue weighted by Crippen LogP contribution is -2.52. The van der Waals surface area contributed by atoms with Gasteiger partial charge in [0.05, 0.1) is 25.0 Å². The standard InChI is InChI=1S/C19H22ClFN4O2/c1-13(15-11-14(27-2)3-4-16(15)20)23-19(26)25-9-7-24(8-10-25)18-5-6-22-12-17(18)21/h3-6,11-13H,7-10H2,1-2H3,(H,23,26)/t13-/m1/s1. The molecule has 3 rings (SSSR count). The fourth-order valence-corrected chi connectivity index (χ4v) is 3.39. The number of ether oxygens (including phenoxy) is 1. The fourth-order valence-electron chi connectivity index (χ4n) is 3.11. The van der Waals surface area contributed by atoms with Crippen LogP contribution >= 0.6 is 11.6 Å². The summed E-state index contributed by atoms with van der Waals surface area (Å²) >= 11 is 6.25. The average molecular weight is 393 g/mol. The van der Waals surface area contributed by atoms with E-state index in [2.05, 4.69) is 10.3 Å². The Labute approximate surface area is 162 Å². The fraction of sp³-hybridized carbons (Fsp3) is 0.368. The van der Waals surface area contributed by atoms with Crippen LogP contribution in [0.5, 0.6) is 5.75 Å². The molecule has 0 aliphatic carbocycles. The molecule has 0 unspecified atom stereocenters. The van der Waals surface area contributed by atoms with Crippen molar-refractivity contribution < 1.29 is 13.9 Å². The molecule has 2 aromatic rings. The number of aromatic nitrogens is 1. The van der Waals surface area contributed by atoms with Gasteiger partial charge in [-0.2, -0.15) is 0 Å². The maximum Gasteiger partial charge on any atom is 0.317 e. The SMILES string of the molecule is COc1ccc(Cl)c([C@@H](C)NC(=O)N2CCN(c3ccncc3F)CC2)c1. The van der Waals surface area contributed by atoms with Gasteiger partial charge in [0.15, 0.2) is 5.82 Å². The Hall–Kier alpha value is -2.54. The molecule has 27 heavy (non-hydrogen) atoms. The molecule has 0 radical (unpaired) electrons. The maximum absolute atomic E-state index is 13.9. The average Bonchev–Trinajstić information content (AvgIpc) is 2.68. The van der Waals surface area contributed by atoms with E-state index in [1.165, 1.54) is 6.20 Å². The van der Waals surface area contributed by atoms with Crippen LogP contribution in [-0.2, 0) is 0 Å². The van der Waals surface area contributed by atoms with E-state index >= 15 is 0 Å². The summed E-state index contributed by atoms with van der Waals surface area (Å²) in [5.41, 5.74) is 1.31. The third-order valence-corrected chi connectivity index (χ3v) is 5.01. The molecule has 0 spiro atoms. The summed E-state index contributed by atoms with van der Waals surface area (Å²) in [7, 11) is 1.58. The van der Waals surface area contributed by atoms with Gasteiger partial charge in [0.2, 0.25) is 0 Å². The highest BCUT2D eigenvalue weighted by molar-refractivity contribution is 6.31. The summed E-state index contributed by atoms with van der Waals surface area (Å²) in [5.74, 6) is 0.334. The second-order valence-electron chi connectivity index (χ2n) is 6.36. The lowest BCUT2D eigenvalue weighted by Gasteiger charge is -2.36. The summed E-state index contributed by atoms with van der Waals surface area (Å²) in [6, 6.07) is 6.56. The predicted octanol–water partition coefficient (Wildman–Crippen LogP) is 3.48. The molecule has 1 N–H and O–H groups in total. The van der Waals surface area contributed by atoms with Crippen LogP contribution in [0.4, 0.5) is 14.9 Å². The van der Waals surface area contributed by atoms with Gasteiger partial charge >= 0.3 is 6.03 Å². The lowest BCUT2D eigenvalue weighted by molar-refractivity contribution is 0.191. The van der Waals surface area contributed by atoms with E-state index in [0.29, 0.717) is 42.6 Å². The van der Waals surface area contributed by atoms with Crippen LogP contribution in [0.3, 0.4) is 0 Å². The van der Waals surface area contributed by atoms with E-state index in [4.69, 9.17) is 16.3 Å². The zero-order valence-corrected chi connectivity index (χ0v) is 16.0. The molecule has 6 nitrogen and oxygen atoms in total. The van der Waals surface area contributed by atoms with Crippen molar-refractivity contribution in [3.8, 4) is 5.75 Å². The Bertz CT molecular complexity index is 812. The molecule has 1 aromatic carbocycles. The number of carbonyl (C=O) groups is 1. The highest BCUT2D eigenvalue weighted by Gasteiger charge is 2.24. The molecule has 1 aromatic heterocycles. The number of anilines is 1. The van der Waals surface area contributed by atoms with Gasteiger partial charge in [-0.05, 0) is 36.8 Å². The number of rotatable bonds is 4. The Kier molecular flexibility index (Phi) is 6.01. The van der Waals surface area contributed by atoms with Gasteiger partial charge in [-0.3, -0.25) is 4.98 Å². The van der Waals surface area contributed by atoms with Crippen molar-refractivity contribution >= 4 is 23.3 Å². The summed E-state index contributed by atoms with van der Waals surface area (Å²) in [5, 5.41) is 3.54. The molecular formula is C19H22ClFN4O2. The minimum Gasteiger partial charge on any atom is -0.497 e. The quantitative estimate of drug-likeness (QED) is 0.865. The van der Waals surface area contributed by atoms with Crippen LogP contribution in [-0.4, -0.2) is 49.2 Å². The minimum absolute atomic E-state index is 0.170. The number of nitrogens with one attached hydrogen (secondary N) is 1. The molecule has 0 bridgehead atoms. The van der Waals surface area contributed by atoms with E-state index in [-0.39, 0.29) is 17.9 Å². The number of hydrogen-bond acceptors (Lipinski definition) is 4. The molecular weight excluding hydrogens is 371 g/mol. The first-order valence-corrected chi connectivity index (χ1v) is 9.10. The van der Waals surface area contributed by atoms with Crippen LogP contribution in [0.25, 0.3) is 0 Å². The van der Waals surface area contributed by atoms with Crippen molar-refractivity contribution in [3.63, 3.8) is 0 Å². The third kappa shape index (κ3) is 4.42. The number of nitrogens with zero attached hydrogens (tertiary/aromatic N) is 3. The normalized spacial score (nSPS) is 15.4. The summed E-state index contributed by atoms with van der Waals surface area (Å²) < 4.78 is 19.1. The first kappa shape index (κ1) is 19.2. The van der Waals surface area contributed by atoms with Crippen LogP contribution in [0.15, 0.2) is 36.7 Å². The van der Waals surface area contributed by atoms with Crippen molar-refractivity contribution in [2.45, 2.75) is 13.0 Å². The van der Waals surface area contributed by atoms with Crippen molar-refractivity contribution in [1.82, 2.24) is 15.2 Å². The number of hydrogen-bond donors (Lipinski definition) is 1. The first-order valence-electron chi connectivity index (χ1n) is 8.73. The Morgan fingerprint density at radius 1 is 1.30 bits per heavy atom. The Morgan fingerprint density at radius 3 is 2.70 bits per heavy atom. The van der Waals surface area contributed by atoms with Crippen LogP contribution in [0.2, 0.25) is 5.02 Å². The van der Waals surface area contributed by atoms with Gasteiger partial charge in [-0.15, -0.1) is 0 Å². The molecule has 1 aliphatic heterocycles. The van der Waals surface area contributed by atoms with Crippen molar-refractivity contribution in [3.05, 3.63) is 53.1 Å². The number of carbonyl (C=O) groups excluding carboxylic acids is 1. The molecule has 0 saturated carbocycles. The van der Waals surface area contributed by atoms with Gasteiger partial charge in [0.25, 0.3) is 0 Å². The number of halogens is 2. The van der Waals surface area contributed by atoms with Gasteiger partial charge in [0, 0.05) is 37.4 Å². The highest BCUT2D eigenvalue weighted by Crippen LogP contribution is 2.27. The van der Waals surface area contributed by atoms with Crippen LogP contribution < -0.4 is 15.0 Å². The highest BCUT2D eigenvalue weighted by atomic mass is 35.5. The van der Waals surface area contributed by atoms with Gasteiger partial charge in [-0.25, -0.2) is 9.18 Å². The van der Waals surface area contributed by atoms with Gasteiger partial charge in [-0.1, -0.05) is 11.6 Å². The second kappa shape index (κ2) is 8.43. The molecule has 1 fully saturated rings. The number of piperazine rings is 1. The Balaban J connectivity index is 1.59. The van der Waals surface area contributed by atoms with E-state index < -0.39 is 0 Å². The lowest BCUT2D eigenvalue weighted by atomic mass is 10.1. The number of amides is 2. The Morgan fingerprint density at radius 2 is 2.04 bits per heavy atom. The molecule has 144 valence electrons. The smallest absolute Gasteiger partial charge is 0.317 e. The maximum atomic E-state index is 13.9. The number of urea groups is 1. The molecule has 1 aliphatic rings. The monoisotopic (exact) mass is 392 g/mol. The number of methoxy groups -OCH3 is 1. The van der Waals surface area contributed by atoms with E-state index in [1.54, 1.807) is 36.4 Å². The van der Waals surface area contributed by atoms with Crippen LogP contribution in [0, 0.1) is 5.82 Å². The van der Waals surface area contributed by atoms with Crippen molar-refractivity contribution in [2.24, 2.45) is 0 Å². The molecule has 2 heterocycles. The van der Waals surface area contributed by atoms with Crippen LogP contribution in [0.1, 0.15) is 18.5 Å². The number of benzene rings is 1. The van der Waals surface area contributed by atoms with Gasteiger partial charge < -0.3 is 19.9 Å². The van der Waals surface area contributed by atoms with Gasteiger partial charge in [0.1, 0.15) is 5.75 Å². The summed E-state index contributed by atoms with van der Waals surface area (Å²) in [4.78, 5) is 20.0. The van der Waals surface area contributed by atoms with Crippen molar-refractivity contribution in [2.75, 3.05) is 38.2 Å². The van der Waals surface area contributed by atoms with E-state index in [9.17, 15) is 9.18 Å². The summed E-state index contributed by atoms with van der Waals surface area (Å²) in [6.45, 7) is 4.00. The van der Waals surface area contributed by atoms with E-state index in [0.717, 1.165) is 5.56 Å². The summed E-state index contributed by atoms with van der Waals surface area (Å²) in [6.07, 6.45) is 2.77. The largest absolute Gasteiger partial charge is 0.497 e. The molecule has 1 atom stereocenters. The van der Waals surface area contributed by atoms with E-state index in [1.807, 2.05) is 17.9 Å². The zero-order chi connectivity index (χ0) is 19.4. The predicted molar refractivity (Wildman–Crippen MR) is 103 cm³/mol. The van der Waals surface area contributed by atoms with Crippen molar-refractivity contribution in [1.29, 1.82) is 0 Å². The zero-order valence-electron chi connectivity index (χ0n) is 15.3. The number of pyridine rings is 1. The third-order valence-electron chi connectivity index (χ3n) is 4.67. The molecule has 8 heteroatoms. The first-order chi connectivity index (χ1) is 13.0. The molecule has 1 saturated heterocycles. The molecule has 2 amide bonds. The minimum atomic E-state index is -0.350. The topological polar surface area (TPSA) is 57.7 Å².